The van der Waals surface area contributed by atoms with Crippen molar-refractivity contribution in [3.63, 3.8) is 0 Å². The van der Waals surface area contributed by atoms with Gasteiger partial charge in [-0.25, -0.2) is 0 Å². The lowest BCUT2D eigenvalue weighted by Gasteiger charge is -2.36. The number of nitrogens with one attached hydrogen (secondary N) is 1. The molecule has 0 spiro atoms. The SMILES string of the molecule is CCC1CCC(O)(CNC(COC)C(=O)O)CC1. The van der Waals surface area contributed by atoms with E-state index in [0.717, 1.165) is 32.1 Å². The zero-order chi connectivity index (χ0) is 13.6. The fraction of sp³-hybridized carbons (Fsp3) is 0.923. The standard InChI is InChI=1S/C13H25NO4/c1-3-10-4-6-13(17,7-5-10)9-14-11(8-18-2)12(15)16/h10-11,14,17H,3-9H2,1-2H3,(H,15,16). The first-order valence-electron chi connectivity index (χ1n) is 6.68. The Balaban J connectivity index is 2.39. The van der Waals surface area contributed by atoms with E-state index in [2.05, 4.69) is 12.2 Å². The first kappa shape index (κ1) is 15.4. The lowest BCUT2D eigenvalue weighted by molar-refractivity contribution is -0.141. The molecule has 0 heterocycles. The minimum Gasteiger partial charge on any atom is -0.480 e. The second kappa shape index (κ2) is 7.07. The molecule has 5 heteroatoms. The number of hydrogen-bond donors (Lipinski definition) is 3. The highest BCUT2D eigenvalue weighted by molar-refractivity contribution is 5.73. The van der Waals surface area contributed by atoms with Crippen molar-refractivity contribution in [2.24, 2.45) is 5.92 Å². The quantitative estimate of drug-likeness (QED) is 0.636. The summed E-state index contributed by atoms with van der Waals surface area (Å²) in [4.78, 5) is 10.9. The van der Waals surface area contributed by atoms with E-state index < -0.39 is 17.6 Å². The molecule has 0 radical (unpaired) electrons. The Morgan fingerprint density at radius 2 is 2.11 bits per heavy atom. The molecule has 5 nitrogen and oxygen atoms in total. The van der Waals surface area contributed by atoms with Crippen molar-refractivity contribution >= 4 is 5.97 Å². The average Bonchev–Trinajstić information content (AvgIpc) is 2.35. The number of hydrogen-bond acceptors (Lipinski definition) is 4. The second-order valence-electron chi connectivity index (χ2n) is 5.30. The lowest BCUT2D eigenvalue weighted by Crippen LogP contribution is -2.50. The summed E-state index contributed by atoms with van der Waals surface area (Å²) in [5.41, 5.74) is -0.757. The molecular formula is C13H25NO4. The summed E-state index contributed by atoms with van der Waals surface area (Å²) >= 11 is 0. The lowest BCUT2D eigenvalue weighted by atomic mass is 9.78. The van der Waals surface area contributed by atoms with Crippen LogP contribution in [0.4, 0.5) is 0 Å². The van der Waals surface area contributed by atoms with Gasteiger partial charge in [-0.3, -0.25) is 10.1 Å². The summed E-state index contributed by atoms with van der Waals surface area (Å²) < 4.78 is 4.85. The van der Waals surface area contributed by atoms with Gasteiger partial charge in [0, 0.05) is 13.7 Å². The summed E-state index contributed by atoms with van der Waals surface area (Å²) in [6.45, 7) is 2.61. The third kappa shape index (κ3) is 4.55. The fourth-order valence-corrected chi connectivity index (χ4v) is 2.50. The van der Waals surface area contributed by atoms with Crippen LogP contribution in [0, 0.1) is 5.92 Å². The minimum absolute atomic E-state index is 0.114. The highest BCUT2D eigenvalue weighted by Gasteiger charge is 2.33. The summed E-state index contributed by atoms with van der Waals surface area (Å²) in [5.74, 6) is -0.234. The van der Waals surface area contributed by atoms with E-state index in [4.69, 9.17) is 9.84 Å². The number of carboxylic acid groups (broad SMARTS) is 1. The molecule has 0 aliphatic heterocycles. The maximum absolute atomic E-state index is 10.9. The molecule has 3 N–H and O–H groups in total. The molecule has 0 bridgehead atoms. The predicted octanol–water partition coefficient (Wildman–Crippen LogP) is 1.01. The zero-order valence-corrected chi connectivity index (χ0v) is 11.3. The van der Waals surface area contributed by atoms with Crippen LogP contribution in [0.15, 0.2) is 0 Å². The number of carboxylic acids is 1. The van der Waals surface area contributed by atoms with Crippen LogP contribution in [0.25, 0.3) is 0 Å². The summed E-state index contributed by atoms with van der Waals surface area (Å²) in [6, 6.07) is -0.747. The van der Waals surface area contributed by atoms with Crippen molar-refractivity contribution in [1.29, 1.82) is 0 Å². The van der Waals surface area contributed by atoms with E-state index in [1.807, 2.05) is 0 Å². The van der Waals surface area contributed by atoms with E-state index in [1.165, 1.54) is 7.11 Å². The molecule has 0 amide bonds. The summed E-state index contributed by atoms with van der Waals surface area (Å²) in [6.07, 6.45) is 4.70. The first-order chi connectivity index (χ1) is 8.50. The number of aliphatic hydroxyl groups is 1. The molecule has 1 rings (SSSR count). The highest BCUT2D eigenvalue weighted by Crippen LogP contribution is 2.33. The molecule has 1 aliphatic rings. The molecule has 18 heavy (non-hydrogen) atoms. The molecular weight excluding hydrogens is 234 g/mol. The van der Waals surface area contributed by atoms with E-state index in [0.29, 0.717) is 12.5 Å². The van der Waals surface area contributed by atoms with Crippen LogP contribution in [0.5, 0.6) is 0 Å². The monoisotopic (exact) mass is 259 g/mol. The van der Waals surface area contributed by atoms with Crippen LogP contribution < -0.4 is 5.32 Å². The normalized spacial score (nSPS) is 30.1. The van der Waals surface area contributed by atoms with Crippen molar-refractivity contribution in [2.75, 3.05) is 20.3 Å². The molecule has 1 atom stereocenters. The van der Waals surface area contributed by atoms with Gasteiger partial charge in [0.05, 0.1) is 12.2 Å². The van der Waals surface area contributed by atoms with Gasteiger partial charge in [0.15, 0.2) is 0 Å². The van der Waals surface area contributed by atoms with Crippen molar-refractivity contribution < 1.29 is 19.7 Å². The highest BCUT2D eigenvalue weighted by atomic mass is 16.5. The molecule has 0 aromatic carbocycles. The third-order valence-corrected chi connectivity index (χ3v) is 3.92. The molecule has 1 fully saturated rings. The van der Waals surface area contributed by atoms with Crippen LogP contribution in [-0.4, -0.2) is 48.1 Å². The van der Waals surface area contributed by atoms with Gasteiger partial charge in [-0.15, -0.1) is 0 Å². The molecule has 0 saturated heterocycles. The number of rotatable bonds is 7. The van der Waals surface area contributed by atoms with Gasteiger partial charge < -0.3 is 14.9 Å². The van der Waals surface area contributed by atoms with Gasteiger partial charge in [0.1, 0.15) is 6.04 Å². The molecule has 0 aromatic heterocycles. The molecule has 1 unspecified atom stereocenters. The second-order valence-corrected chi connectivity index (χ2v) is 5.30. The smallest absolute Gasteiger partial charge is 0.323 e. The number of aliphatic carboxylic acids is 1. The van der Waals surface area contributed by atoms with Crippen LogP contribution in [-0.2, 0) is 9.53 Å². The number of ether oxygens (including phenoxy) is 1. The molecule has 106 valence electrons. The fourth-order valence-electron chi connectivity index (χ4n) is 2.50. The average molecular weight is 259 g/mol. The van der Waals surface area contributed by atoms with E-state index in [9.17, 15) is 9.90 Å². The van der Waals surface area contributed by atoms with Crippen LogP contribution in [0.3, 0.4) is 0 Å². The Morgan fingerprint density at radius 1 is 1.50 bits per heavy atom. The van der Waals surface area contributed by atoms with Gasteiger partial charge in [0.25, 0.3) is 0 Å². The Kier molecular flexibility index (Phi) is 6.05. The van der Waals surface area contributed by atoms with Gasteiger partial charge >= 0.3 is 5.97 Å². The van der Waals surface area contributed by atoms with Gasteiger partial charge in [-0.2, -0.15) is 0 Å². The van der Waals surface area contributed by atoms with E-state index in [-0.39, 0.29) is 6.61 Å². The van der Waals surface area contributed by atoms with Crippen molar-refractivity contribution in [3.8, 4) is 0 Å². The van der Waals surface area contributed by atoms with Gasteiger partial charge in [-0.1, -0.05) is 13.3 Å². The number of methoxy groups -OCH3 is 1. The van der Waals surface area contributed by atoms with Gasteiger partial charge in [0.2, 0.25) is 0 Å². The van der Waals surface area contributed by atoms with E-state index in [1.54, 1.807) is 0 Å². The van der Waals surface area contributed by atoms with Crippen molar-refractivity contribution in [3.05, 3.63) is 0 Å². The van der Waals surface area contributed by atoms with Gasteiger partial charge in [-0.05, 0) is 31.6 Å². The third-order valence-electron chi connectivity index (χ3n) is 3.92. The summed E-state index contributed by atoms with van der Waals surface area (Å²) in [7, 11) is 1.47. The Hall–Kier alpha value is -0.650. The molecule has 0 aromatic rings. The molecule has 1 aliphatic carbocycles. The maximum atomic E-state index is 10.9. The Bertz CT molecular complexity index is 262. The minimum atomic E-state index is -0.942. The van der Waals surface area contributed by atoms with Crippen LogP contribution in [0.1, 0.15) is 39.0 Å². The molecule has 1 saturated carbocycles. The number of carbonyl (C=O) groups is 1. The Morgan fingerprint density at radius 3 is 2.56 bits per heavy atom. The topological polar surface area (TPSA) is 78.8 Å². The predicted molar refractivity (Wildman–Crippen MR) is 68.5 cm³/mol. The van der Waals surface area contributed by atoms with Crippen LogP contribution in [0.2, 0.25) is 0 Å². The maximum Gasteiger partial charge on any atom is 0.323 e. The van der Waals surface area contributed by atoms with Crippen molar-refractivity contribution in [2.45, 2.75) is 50.7 Å². The zero-order valence-electron chi connectivity index (χ0n) is 11.3. The largest absolute Gasteiger partial charge is 0.480 e. The van der Waals surface area contributed by atoms with Crippen molar-refractivity contribution in [1.82, 2.24) is 5.32 Å². The summed E-state index contributed by atoms with van der Waals surface area (Å²) in [5, 5.41) is 22.2. The van der Waals surface area contributed by atoms with E-state index >= 15 is 0 Å². The van der Waals surface area contributed by atoms with Crippen LogP contribution >= 0.6 is 0 Å². The Labute approximate surface area is 109 Å². The first-order valence-corrected chi connectivity index (χ1v) is 6.68.